The summed E-state index contributed by atoms with van der Waals surface area (Å²) < 4.78 is 19.9. The molecule has 5 rings (SSSR count). The highest BCUT2D eigenvalue weighted by atomic mass is 19.1. The van der Waals surface area contributed by atoms with E-state index in [1.54, 1.807) is 13.0 Å². The van der Waals surface area contributed by atoms with Gasteiger partial charge in [0, 0.05) is 35.5 Å². The van der Waals surface area contributed by atoms with Gasteiger partial charge in [-0.25, -0.2) is 9.37 Å². The van der Waals surface area contributed by atoms with Gasteiger partial charge >= 0.3 is 0 Å². The standard InChI is InChI=1S/C27H25FN4O/c1-3-5-25-31-27-23(6-4-11-30-27)32(25)15-18-7-9-21-19(12-18)16-33-24-13-20(28)8-10-22(24)26(21)17(2)14-29/h4,6-13,25H,3,5,15-16H2,1-2H3,(H,30,31). The number of allylic oxidation sites excluding steroid dienone is 1. The van der Waals surface area contributed by atoms with Crippen molar-refractivity contribution in [3.8, 4) is 11.8 Å². The number of nitrogens with one attached hydrogen (secondary N) is 1. The predicted molar refractivity (Wildman–Crippen MR) is 127 cm³/mol. The molecule has 6 heteroatoms. The quantitative estimate of drug-likeness (QED) is 0.503. The van der Waals surface area contributed by atoms with E-state index >= 15 is 0 Å². The van der Waals surface area contributed by atoms with Gasteiger partial charge in [0.25, 0.3) is 0 Å². The number of pyridine rings is 1. The van der Waals surface area contributed by atoms with E-state index in [4.69, 9.17) is 4.74 Å². The zero-order valence-corrected chi connectivity index (χ0v) is 18.7. The van der Waals surface area contributed by atoms with E-state index in [2.05, 4.69) is 52.5 Å². The maximum atomic E-state index is 13.9. The molecule has 2 aliphatic rings. The van der Waals surface area contributed by atoms with Crippen LogP contribution in [0.4, 0.5) is 15.9 Å². The number of hydrogen-bond acceptors (Lipinski definition) is 5. The van der Waals surface area contributed by atoms with Gasteiger partial charge in [-0.05, 0) is 60.4 Å². The molecule has 1 N–H and O–H groups in total. The van der Waals surface area contributed by atoms with Gasteiger partial charge in [0.2, 0.25) is 0 Å². The number of aromatic nitrogens is 1. The number of ether oxygens (including phenoxy) is 1. The maximum Gasteiger partial charge on any atom is 0.151 e. The Morgan fingerprint density at radius 3 is 2.91 bits per heavy atom. The Morgan fingerprint density at radius 2 is 2.09 bits per heavy atom. The molecule has 0 bridgehead atoms. The van der Waals surface area contributed by atoms with Gasteiger partial charge in [0.15, 0.2) is 5.82 Å². The molecule has 5 nitrogen and oxygen atoms in total. The third-order valence-electron chi connectivity index (χ3n) is 6.27. The lowest BCUT2D eigenvalue weighted by Gasteiger charge is -2.27. The first-order chi connectivity index (χ1) is 16.1. The zero-order valence-electron chi connectivity index (χ0n) is 18.7. The lowest BCUT2D eigenvalue weighted by Crippen LogP contribution is -2.35. The highest BCUT2D eigenvalue weighted by Gasteiger charge is 2.29. The number of rotatable bonds is 4. The van der Waals surface area contributed by atoms with Crippen LogP contribution >= 0.6 is 0 Å². The van der Waals surface area contributed by atoms with Crippen molar-refractivity contribution in [3.05, 3.63) is 88.4 Å². The molecule has 2 aromatic carbocycles. The van der Waals surface area contributed by atoms with Gasteiger partial charge in [-0.1, -0.05) is 25.5 Å². The molecule has 3 heterocycles. The van der Waals surface area contributed by atoms with Gasteiger partial charge in [-0.15, -0.1) is 0 Å². The van der Waals surface area contributed by atoms with E-state index in [1.165, 1.54) is 12.1 Å². The Bertz CT molecular complexity index is 1290. The number of anilines is 2. The van der Waals surface area contributed by atoms with Gasteiger partial charge in [-0.3, -0.25) is 0 Å². The van der Waals surface area contributed by atoms with E-state index in [9.17, 15) is 9.65 Å². The number of fused-ring (bicyclic) bond motifs is 3. The fourth-order valence-corrected chi connectivity index (χ4v) is 4.73. The first-order valence-corrected chi connectivity index (χ1v) is 11.2. The van der Waals surface area contributed by atoms with Crippen molar-refractivity contribution < 1.29 is 9.13 Å². The van der Waals surface area contributed by atoms with Crippen molar-refractivity contribution in [3.63, 3.8) is 0 Å². The molecule has 0 saturated heterocycles. The fraction of sp³-hybridized carbons (Fsp3) is 0.259. The smallest absolute Gasteiger partial charge is 0.151 e. The molecule has 0 fully saturated rings. The van der Waals surface area contributed by atoms with Crippen LogP contribution in [-0.2, 0) is 13.2 Å². The van der Waals surface area contributed by atoms with Gasteiger partial charge in [0.1, 0.15) is 24.3 Å². The molecule has 33 heavy (non-hydrogen) atoms. The van der Waals surface area contributed by atoms with Crippen LogP contribution in [0.3, 0.4) is 0 Å². The molecule has 1 unspecified atom stereocenters. The third kappa shape index (κ3) is 3.80. The minimum absolute atomic E-state index is 0.193. The normalized spacial score (nSPS) is 17.6. The second-order valence-electron chi connectivity index (χ2n) is 8.48. The minimum atomic E-state index is -0.356. The van der Waals surface area contributed by atoms with Crippen LogP contribution in [0.2, 0.25) is 0 Å². The highest BCUT2D eigenvalue weighted by molar-refractivity contribution is 5.88. The van der Waals surface area contributed by atoms with Crippen LogP contribution in [-0.4, -0.2) is 11.1 Å². The molecule has 0 saturated carbocycles. The van der Waals surface area contributed by atoms with Crippen molar-refractivity contribution in [2.24, 2.45) is 0 Å². The Labute approximate surface area is 193 Å². The maximum absolute atomic E-state index is 13.9. The summed E-state index contributed by atoms with van der Waals surface area (Å²) in [5, 5.41) is 13.2. The van der Waals surface area contributed by atoms with Crippen molar-refractivity contribution in [2.45, 2.75) is 46.0 Å². The summed E-state index contributed by atoms with van der Waals surface area (Å²) >= 11 is 0. The lowest BCUT2D eigenvalue weighted by molar-refractivity contribution is 0.305. The Hall–Kier alpha value is -3.85. The van der Waals surface area contributed by atoms with Gasteiger partial charge < -0.3 is 15.0 Å². The molecule has 1 aromatic heterocycles. The summed E-state index contributed by atoms with van der Waals surface area (Å²) in [6.45, 7) is 5.01. The van der Waals surface area contributed by atoms with Crippen LogP contribution in [0.25, 0.3) is 5.57 Å². The molecule has 0 amide bonds. The topological polar surface area (TPSA) is 61.2 Å². The SMILES string of the molecule is CCCC1Nc2ncccc2N1Cc1ccc2c(c1)COc1cc(F)ccc1C2=C(C)C#N. The average Bonchev–Trinajstić information content (AvgIpc) is 3.07. The Balaban J connectivity index is 1.53. The molecular weight excluding hydrogens is 415 g/mol. The van der Waals surface area contributed by atoms with Crippen LogP contribution in [0, 0.1) is 17.1 Å². The summed E-state index contributed by atoms with van der Waals surface area (Å²) in [4.78, 5) is 6.85. The van der Waals surface area contributed by atoms with E-state index < -0.39 is 0 Å². The van der Waals surface area contributed by atoms with E-state index in [1.807, 2.05) is 12.3 Å². The number of benzene rings is 2. The third-order valence-corrected chi connectivity index (χ3v) is 6.27. The average molecular weight is 441 g/mol. The second kappa shape index (κ2) is 8.59. The highest BCUT2D eigenvalue weighted by Crippen LogP contribution is 2.40. The summed E-state index contributed by atoms with van der Waals surface area (Å²) in [7, 11) is 0. The van der Waals surface area contributed by atoms with Crippen LogP contribution in [0.15, 0.2) is 60.3 Å². The summed E-state index contributed by atoms with van der Waals surface area (Å²) in [6.07, 6.45) is 4.08. The first kappa shape index (κ1) is 21.0. The molecule has 0 spiro atoms. The molecular formula is C27H25FN4O. The molecule has 1 atom stereocenters. The van der Waals surface area contributed by atoms with Crippen LogP contribution in [0.1, 0.15) is 48.9 Å². The number of halogens is 1. The number of nitrogens with zero attached hydrogens (tertiary/aromatic N) is 3. The second-order valence-corrected chi connectivity index (χ2v) is 8.48. The molecule has 3 aromatic rings. The number of hydrogen-bond donors (Lipinski definition) is 1. The summed E-state index contributed by atoms with van der Waals surface area (Å²) in [5.41, 5.74) is 6.30. The van der Waals surface area contributed by atoms with E-state index in [0.717, 1.165) is 58.7 Å². The monoisotopic (exact) mass is 440 g/mol. The number of nitriles is 1. The van der Waals surface area contributed by atoms with Crippen LogP contribution < -0.4 is 15.0 Å². The van der Waals surface area contributed by atoms with Gasteiger partial charge in [0.05, 0.1) is 11.8 Å². The Kier molecular flexibility index (Phi) is 5.47. The van der Waals surface area contributed by atoms with Crippen molar-refractivity contribution in [1.82, 2.24) is 4.98 Å². The van der Waals surface area contributed by atoms with Crippen LogP contribution in [0.5, 0.6) is 5.75 Å². The van der Waals surface area contributed by atoms with Gasteiger partial charge in [-0.2, -0.15) is 5.26 Å². The van der Waals surface area contributed by atoms with E-state index in [0.29, 0.717) is 17.9 Å². The van der Waals surface area contributed by atoms with E-state index in [-0.39, 0.29) is 12.0 Å². The predicted octanol–water partition coefficient (Wildman–Crippen LogP) is 6.02. The molecule has 0 aliphatic carbocycles. The van der Waals surface area contributed by atoms with Crippen molar-refractivity contribution in [2.75, 3.05) is 10.2 Å². The first-order valence-electron chi connectivity index (χ1n) is 11.2. The van der Waals surface area contributed by atoms with Crippen molar-refractivity contribution in [1.29, 1.82) is 5.26 Å². The zero-order chi connectivity index (χ0) is 22.9. The summed E-state index contributed by atoms with van der Waals surface area (Å²) in [5.74, 6) is 1.02. The largest absolute Gasteiger partial charge is 0.488 e. The van der Waals surface area contributed by atoms with Crippen molar-refractivity contribution >= 4 is 17.1 Å². The lowest BCUT2D eigenvalue weighted by atomic mass is 9.90. The molecule has 2 aliphatic heterocycles. The molecule has 166 valence electrons. The molecule has 0 radical (unpaired) electrons. The Morgan fingerprint density at radius 1 is 1.24 bits per heavy atom. The minimum Gasteiger partial charge on any atom is -0.488 e. The summed E-state index contributed by atoms with van der Waals surface area (Å²) in [6, 6.07) is 17.1. The fourth-order valence-electron chi connectivity index (χ4n) is 4.73.